The van der Waals surface area contributed by atoms with Crippen molar-refractivity contribution in [3.05, 3.63) is 42.0 Å². The van der Waals surface area contributed by atoms with Gasteiger partial charge in [-0.2, -0.15) is 0 Å². The molecule has 0 unspecified atom stereocenters. The molecule has 2 aromatic heterocycles. The molecule has 0 fully saturated rings. The Kier molecular flexibility index (Phi) is 2.83. The lowest BCUT2D eigenvalue weighted by Crippen LogP contribution is -2.00. The van der Waals surface area contributed by atoms with E-state index in [4.69, 9.17) is 0 Å². The van der Waals surface area contributed by atoms with Gasteiger partial charge in [0.15, 0.2) is 11.5 Å². The molecule has 0 aliphatic carbocycles. The molecule has 0 radical (unpaired) electrons. The zero-order valence-electron chi connectivity index (χ0n) is 10.8. The Balaban J connectivity index is 1.89. The summed E-state index contributed by atoms with van der Waals surface area (Å²) in [6, 6.07) is 12.0. The molecule has 0 amide bonds. The molecule has 2 heterocycles. The van der Waals surface area contributed by atoms with Crippen LogP contribution in [0.25, 0.3) is 5.65 Å². The molecule has 0 aliphatic heterocycles. The molecule has 0 saturated heterocycles. The van der Waals surface area contributed by atoms with Crippen molar-refractivity contribution >= 4 is 17.2 Å². The average Bonchev–Trinajstić information content (AvgIpc) is 2.86. The van der Waals surface area contributed by atoms with Gasteiger partial charge in [0.2, 0.25) is 0 Å². The van der Waals surface area contributed by atoms with Crippen LogP contribution in [0.4, 0.5) is 11.5 Å². The van der Waals surface area contributed by atoms with Gasteiger partial charge in [-0.1, -0.05) is 26.0 Å². The zero-order chi connectivity index (χ0) is 13.2. The van der Waals surface area contributed by atoms with E-state index in [1.54, 1.807) is 0 Å². The maximum Gasteiger partial charge on any atom is 0.200 e. The highest BCUT2D eigenvalue weighted by molar-refractivity contribution is 5.58. The molecule has 3 rings (SSSR count). The van der Waals surface area contributed by atoms with Gasteiger partial charge >= 0.3 is 0 Å². The lowest BCUT2D eigenvalue weighted by atomic mass is 10.0. The second-order valence-corrected chi connectivity index (χ2v) is 4.65. The Morgan fingerprint density at radius 2 is 2.05 bits per heavy atom. The van der Waals surface area contributed by atoms with Crippen LogP contribution in [0.5, 0.6) is 0 Å². The number of hydrogen-bond donors (Lipinski definition) is 1. The standard InChI is InChI=1S/C13H14N6/c1-9(2)10-4-3-5-11(8-10)14-12-6-7-13-15-17-18-19(13)16-12/h3-9H,1-2H3,(H,14,16). The fourth-order valence-corrected chi connectivity index (χ4v) is 1.84. The van der Waals surface area contributed by atoms with Gasteiger partial charge in [0, 0.05) is 5.69 Å². The molecule has 96 valence electrons. The van der Waals surface area contributed by atoms with Crippen molar-refractivity contribution < 1.29 is 0 Å². The molecule has 0 atom stereocenters. The minimum Gasteiger partial charge on any atom is -0.339 e. The third-order valence-corrected chi connectivity index (χ3v) is 2.90. The number of tetrazole rings is 1. The first kappa shape index (κ1) is 11.6. The third kappa shape index (κ3) is 2.37. The van der Waals surface area contributed by atoms with Gasteiger partial charge in [0.1, 0.15) is 0 Å². The van der Waals surface area contributed by atoms with Gasteiger partial charge in [-0.25, -0.2) is 0 Å². The minimum atomic E-state index is 0.497. The number of rotatable bonds is 3. The van der Waals surface area contributed by atoms with Crippen LogP contribution in [-0.4, -0.2) is 25.3 Å². The van der Waals surface area contributed by atoms with Gasteiger partial charge in [0.05, 0.1) is 0 Å². The second-order valence-electron chi connectivity index (χ2n) is 4.65. The lowest BCUT2D eigenvalue weighted by Gasteiger charge is -2.09. The van der Waals surface area contributed by atoms with Crippen molar-refractivity contribution in [3.8, 4) is 0 Å². The summed E-state index contributed by atoms with van der Waals surface area (Å²) in [6.45, 7) is 4.34. The number of hydrogen-bond acceptors (Lipinski definition) is 5. The first-order valence-electron chi connectivity index (χ1n) is 6.15. The summed E-state index contributed by atoms with van der Waals surface area (Å²) in [5.74, 6) is 1.21. The minimum absolute atomic E-state index is 0.497. The summed E-state index contributed by atoms with van der Waals surface area (Å²) in [5.41, 5.74) is 2.92. The molecule has 6 heteroatoms. The monoisotopic (exact) mass is 254 g/mol. The molecular weight excluding hydrogens is 240 g/mol. The van der Waals surface area contributed by atoms with Gasteiger partial charge in [-0.15, -0.1) is 14.8 Å². The van der Waals surface area contributed by atoms with Crippen molar-refractivity contribution in [2.45, 2.75) is 19.8 Å². The highest BCUT2D eigenvalue weighted by atomic mass is 15.6. The number of nitrogens with zero attached hydrogens (tertiary/aromatic N) is 5. The Morgan fingerprint density at radius 1 is 1.16 bits per heavy atom. The SMILES string of the molecule is CC(C)c1cccc(Nc2ccc3nnnn3n2)c1. The highest BCUT2D eigenvalue weighted by Crippen LogP contribution is 2.20. The molecule has 1 N–H and O–H groups in total. The first-order chi connectivity index (χ1) is 9.22. The number of nitrogens with one attached hydrogen (secondary N) is 1. The summed E-state index contributed by atoms with van der Waals surface area (Å²) in [6.07, 6.45) is 0. The van der Waals surface area contributed by atoms with Crippen molar-refractivity contribution in [1.29, 1.82) is 0 Å². The predicted molar refractivity (Wildman–Crippen MR) is 72.4 cm³/mol. The topological polar surface area (TPSA) is 68.0 Å². The van der Waals surface area contributed by atoms with Gasteiger partial charge in [-0.3, -0.25) is 0 Å². The Morgan fingerprint density at radius 3 is 2.89 bits per heavy atom. The summed E-state index contributed by atoms with van der Waals surface area (Å²) < 4.78 is 1.40. The largest absolute Gasteiger partial charge is 0.339 e. The summed E-state index contributed by atoms with van der Waals surface area (Å²) in [5, 5.41) is 18.7. The number of anilines is 2. The molecule has 1 aromatic carbocycles. The molecule has 3 aromatic rings. The highest BCUT2D eigenvalue weighted by Gasteiger charge is 2.03. The van der Waals surface area contributed by atoms with Crippen molar-refractivity contribution in [2.24, 2.45) is 0 Å². The fourth-order valence-electron chi connectivity index (χ4n) is 1.84. The van der Waals surface area contributed by atoms with Crippen LogP contribution in [0.1, 0.15) is 25.3 Å². The number of benzene rings is 1. The summed E-state index contributed by atoms with van der Waals surface area (Å²) in [4.78, 5) is 0. The third-order valence-electron chi connectivity index (χ3n) is 2.90. The van der Waals surface area contributed by atoms with Crippen LogP contribution < -0.4 is 5.32 Å². The smallest absolute Gasteiger partial charge is 0.200 e. The number of fused-ring (bicyclic) bond motifs is 1. The zero-order valence-corrected chi connectivity index (χ0v) is 10.8. The van der Waals surface area contributed by atoms with E-state index in [1.165, 1.54) is 10.2 Å². The van der Waals surface area contributed by atoms with E-state index in [0.717, 1.165) is 5.69 Å². The van der Waals surface area contributed by atoms with Gasteiger partial charge in [-0.05, 0) is 46.2 Å². The van der Waals surface area contributed by atoms with E-state index in [9.17, 15) is 0 Å². The molecule has 0 aliphatic rings. The Labute approximate surface area is 110 Å². The summed E-state index contributed by atoms with van der Waals surface area (Å²) in [7, 11) is 0. The van der Waals surface area contributed by atoms with Gasteiger partial charge in [0.25, 0.3) is 0 Å². The molecular formula is C13H14N6. The van der Waals surface area contributed by atoms with E-state index in [1.807, 2.05) is 24.3 Å². The van der Waals surface area contributed by atoms with E-state index < -0.39 is 0 Å². The molecule has 19 heavy (non-hydrogen) atoms. The van der Waals surface area contributed by atoms with Crippen LogP contribution >= 0.6 is 0 Å². The van der Waals surface area contributed by atoms with Crippen LogP contribution in [0.15, 0.2) is 36.4 Å². The van der Waals surface area contributed by atoms with Crippen LogP contribution in [0.2, 0.25) is 0 Å². The van der Waals surface area contributed by atoms with E-state index in [0.29, 0.717) is 17.4 Å². The molecule has 0 spiro atoms. The van der Waals surface area contributed by atoms with Crippen LogP contribution in [-0.2, 0) is 0 Å². The first-order valence-corrected chi connectivity index (χ1v) is 6.15. The predicted octanol–water partition coefficient (Wildman–Crippen LogP) is 2.39. The molecule has 0 saturated carbocycles. The average molecular weight is 254 g/mol. The van der Waals surface area contributed by atoms with Crippen LogP contribution in [0, 0.1) is 0 Å². The second kappa shape index (κ2) is 4.64. The Bertz CT molecular complexity index is 703. The van der Waals surface area contributed by atoms with Crippen molar-refractivity contribution in [3.63, 3.8) is 0 Å². The Hall–Kier alpha value is -2.50. The fraction of sp³-hybridized carbons (Fsp3) is 0.231. The number of aromatic nitrogens is 5. The van der Waals surface area contributed by atoms with Gasteiger partial charge < -0.3 is 5.32 Å². The summed E-state index contributed by atoms with van der Waals surface area (Å²) >= 11 is 0. The van der Waals surface area contributed by atoms with E-state index in [2.05, 4.69) is 51.9 Å². The molecule has 0 bridgehead atoms. The van der Waals surface area contributed by atoms with E-state index >= 15 is 0 Å². The normalized spacial score (nSPS) is 11.1. The van der Waals surface area contributed by atoms with Crippen molar-refractivity contribution in [1.82, 2.24) is 25.3 Å². The van der Waals surface area contributed by atoms with Crippen LogP contribution in [0.3, 0.4) is 0 Å². The van der Waals surface area contributed by atoms with Crippen molar-refractivity contribution in [2.75, 3.05) is 5.32 Å². The maximum atomic E-state index is 4.27. The van der Waals surface area contributed by atoms with E-state index in [-0.39, 0.29) is 0 Å². The lowest BCUT2D eigenvalue weighted by molar-refractivity contribution is 0.736. The molecule has 6 nitrogen and oxygen atoms in total. The maximum absolute atomic E-state index is 4.27. The quantitative estimate of drug-likeness (QED) is 0.777.